The summed E-state index contributed by atoms with van der Waals surface area (Å²) in [5, 5.41) is 0. The number of esters is 1. The first-order valence-corrected chi connectivity index (χ1v) is 8.34. The number of rotatable bonds is 5. The summed E-state index contributed by atoms with van der Waals surface area (Å²) in [6.45, 7) is 1.26. The largest absolute Gasteiger partial charge is 0.468 e. The molecule has 0 aliphatic heterocycles. The van der Waals surface area contributed by atoms with Crippen molar-refractivity contribution < 1.29 is 22.7 Å². The number of sulfone groups is 1. The third kappa shape index (κ3) is 3.48. The van der Waals surface area contributed by atoms with Gasteiger partial charge in [-0.25, -0.2) is 8.42 Å². The Morgan fingerprint density at radius 3 is 2.13 bits per heavy atom. The lowest BCUT2D eigenvalue weighted by Crippen LogP contribution is -2.21. The Kier molecular flexibility index (Phi) is 4.95. The average Bonchev–Trinajstić information content (AvgIpc) is 2.55. The summed E-state index contributed by atoms with van der Waals surface area (Å²) in [6, 6.07) is 13.8. The second-order valence-corrected chi connectivity index (χ2v) is 6.91. The van der Waals surface area contributed by atoms with E-state index in [1.54, 1.807) is 18.2 Å². The minimum Gasteiger partial charge on any atom is -0.468 e. The molecular formula is C17H16O5S. The summed E-state index contributed by atoms with van der Waals surface area (Å²) in [4.78, 5) is 23.7. The summed E-state index contributed by atoms with van der Waals surface area (Å²) in [5.41, 5.74) is 0.293. The predicted octanol–water partition coefficient (Wildman–Crippen LogP) is 2.37. The number of carbonyl (C=O) groups excluding carboxylic acids is 2. The number of methoxy groups -OCH3 is 1. The fraction of sp³-hybridized carbons (Fsp3) is 0.176. The highest BCUT2D eigenvalue weighted by Crippen LogP contribution is 2.25. The van der Waals surface area contributed by atoms with E-state index in [0.717, 1.165) is 0 Å². The molecule has 120 valence electrons. The van der Waals surface area contributed by atoms with Gasteiger partial charge in [0, 0.05) is 0 Å². The molecule has 2 aromatic carbocycles. The molecule has 5 nitrogen and oxygen atoms in total. The average molecular weight is 332 g/mol. The second-order valence-electron chi connectivity index (χ2n) is 4.96. The van der Waals surface area contributed by atoms with Crippen LogP contribution in [0.25, 0.3) is 0 Å². The maximum absolute atomic E-state index is 12.6. The molecule has 0 saturated carbocycles. The molecule has 0 aliphatic rings. The van der Waals surface area contributed by atoms with Crippen molar-refractivity contribution in [2.45, 2.75) is 22.6 Å². The minimum absolute atomic E-state index is 0.0244. The van der Waals surface area contributed by atoms with Gasteiger partial charge in [-0.15, -0.1) is 0 Å². The van der Waals surface area contributed by atoms with Crippen molar-refractivity contribution in [2.24, 2.45) is 0 Å². The summed E-state index contributed by atoms with van der Waals surface area (Å²) < 4.78 is 29.9. The molecule has 0 radical (unpaired) electrons. The standard InChI is InChI=1S/C17H16O5S/c1-12(18)16(17(19)22-2)13-7-6-10-15(11-13)23(20,21)14-8-4-3-5-9-14/h3-11,16H,1-2H3. The first-order valence-electron chi connectivity index (χ1n) is 6.86. The van der Waals surface area contributed by atoms with E-state index in [1.165, 1.54) is 50.4 Å². The smallest absolute Gasteiger partial charge is 0.320 e. The predicted molar refractivity (Wildman–Crippen MR) is 83.8 cm³/mol. The van der Waals surface area contributed by atoms with Crippen molar-refractivity contribution in [3.05, 3.63) is 60.2 Å². The molecule has 1 unspecified atom stereocenters. The maximum atomic E-state index is 12.6. The van der Waals surface area contributed by atoms with Crippen LogP contribution in [0.2, 0.25) is 0 Å². The van der Waals surface area contributed by atoms with Crippen LogP contribution < -0.4 is 0 Å². The number of ether oxygens (including phenoxy) is 1. The SMILES string of the molecule is COC(=O)C(C(C)=O)c1cccc(S(=O)(=O)c2ccccc2)c1. The van der Waals surface area contributed by atoms with E-state index >= 15 is 0 Å². The van der Waals surface area contributed by atoms with E-state index in [9.17, 15) is 18.0 Å². The molecule has 0 fully saturated rings. The quantitative estimate of drug-likeness (QED) is 0.620. The molecule has 6 heteroatoms. The highest BCUT2D eigenvalue weighted by molar-refractivity contribution is 7.91. The van der Waals surface area contributed by atoms with Crippen LogP contribution in [0, 0.1) is 0 Å². The monoisotopic (exact) mass is 332 g/mol. The highest BCUT2D eigenvalue weighted by Gasteiger charge is 2.28. The second kappa shape index (κ2) is 6.75. The van der Waals surface area contributed by atoms with Crippen molar-refractivity contribution in [3.63, 3.8) is 0 Å². The van der Waals surface area contributed by atoms with Crippen molar-refractivity contribution in [1.29, 1.82) is 0 Å². The molecule has 2 aromatic rings. The molecule has 0 bridgehead atoms. The molecule has 23 heavy (non-hydrogen) atoms. The zero-order valence-electron chi connectivity index (χ0n) is 12.7. The number of carbonyl (C=O) groups is 2. The number of benzene rings is 2. The van der Waals surface area contributed by atoms with E-state index < -0.39 is 27.5 Å². The third-order valence-corrected chi connectivity index (χ3v) is 5.17. The number of hydrogen-bond donors (Lipinski definition) is 0. The van der Waals surface area contributed by atoms with E-state index in [1.807, 2.05) is 0 Å². The highest BCUT2D eigenvalue weighted by atomic mass is 32.2. The Bertz CT molecular complexity index is 825. The van der Waals surface area contributed by atoms with E-state index in [0.29, 0.717) is 5.56 Å². The van der Waals surface area contributed by atoms with Crippen molar-refractivity contribution in [1.82, 2.24) is 0 Å². The lowest BCUT2D eigenvalue weighted by Gasteiger charge is -2.13. The summed E-state index contributed by atoms with van der Waals surface area (Å²) in [5.74, 6) is -2.26. The van der Waals surface area contributed by atoms with E-state index in [4.69, 9.17) is 0 Å². The van der Waals surface area contributed by atoms with Crippen LogP contribution in [-0.4, -0.2) is 27.3 Å². The Labute approximate surface area is 134 Å². The molecule has 0 saturated heterocycles. The van der Waals surface area contributed by atoms with Crippen LogP contribution in [0.5, 0.6) is 0 Å². The number of hydrogen-bond acceptors (Lipinski definition) is 5. The Balaban J connectivity index is 2.52. The van der Waals surface area contributed by atoms with Crippen molar-refractivity contribution >= 4 is 21.6 Å². The third-order valence-electron chi connectivity index (χ3n) is 3.40. The van der Waals surface area contributed by atoms with Gasteiger partial charge in [-0.2, -0.15) is 0 Å². The van der Waals surface area contributed by atoms with Gasteiger partial charge in [0.25, 0.3) is 0 Å². The lowest BCUT2D eigenvalue weighted by molar-refractivity contribution is -0.145. The molecule has 0 amide bonds. The van der Waals surface area contributed by atoms with Gasteiger partial charge in [-0.05, 0) is 36.8 Å². The molecule has 2 rings (SSSR count). The normalized spacial score (nSPS) is 12.4. The molecule has 1 atom stereocenters. The van der Waals surface area contributed by atoms with Crippen LogP contribution >= 0.6 is 0 Å². The number of ketones is 1. The topological polar surface area (TPSA) is 77.5 Å². The number of Topliss-reactive ketones (excluding diaryl/α,β-unsaturated/α-hetero) is 1. The molecule has 0 aromatic heterocycles. The van der Waals surface area contributed by atoms with Gasteiger partial charge in [0.2, 0.25) is 9.84 Å². The Hall–Kier alpha value is -2.47. The fourth-order valence-corrected chi connectivity index (χ4v) is 3.59. The van der Waals surface area contributed by atoms with E-state index in [-0.39, 0.29) is 9.79 Å². The molecule has 0 N–H and O–H groups in total. The maximum Gasteiger partial charge on any atom is 0.320 e. The zero-order chi connectivity index (χ0) is 17.0. The van der Waals surface area contributed by atoms with Gasteiger partial charge < -0.3 is 4.74 Å². The van der Waals surface area contributed by atoms with Crippen LogP contribution in [0.3, 0.4) is 0 Å². The van der Waals surface area contributed by atoms with Crippen molar-refractivity contribution in [3.8, 4) is 0 Å². The van der Waals surface area contributed by atoms with Crippen LogP contribution in [0.1, 0.15) is 18.4 Å². The Morgan fingerprint density at radius 1 is 0.957 bits per heavy atom. The summed E-state index contributed by atoms with van der Waals surface area (Å²) in [6.07, 6.45) is 0. The molecular weight excluding hydrogens is 316 g/mol. The Morgan fingerprint density at radius 2 is 1.57 bits per heavy atom. The zero-order valence-corrected chi connectivity index (χ0v) is 13.5. The van der Waals surface area contributed by atoms with Gasteiger partial charge in [-0.3, -0.25) is 9.59 Å². The van der Waals surface area contributed by atoms with Crippen LogP contribution in [0.4, 0.5) is 0 Å². The van der Waals surface area contributed by atoms with Crippen molar-refractivity contribution in [2.75, 3.05) is 7.11 Å². The first-order chi connectivity index (χ1) is 10.9. The van der Waals surface area contributed by atoms with Gasteiger partial charge in [0.05, 0.1) is 16.9 Å². The van der Waals surface area contributed by atoms with Crippen LogP contribution in [0.15, 0.2) is 64.4 Å². The van der Waals surface area contributed by atoms with E-state index in [2.05, 4.69) is 4.74 Å². The minimum atomic E-state index is -3.72. The van der Waals surface area contributed by atoms with Gasteiger partial charge in [-0.1, -0.05) is 30.3 Å². The lowest BCUT2D eigenvalue weighted by atomic mass is 9.96. The first kappa shape index (κ1) is 16.9. The summed E-state index contributed by atoms with van der Waals surface area (Å²) >= 11 is 0. The van der Waals surface area contributed by atoms with Gasteiger partial charge in [0.15, 0.2) is 0 Å². The van der Waals surface area contributed by atoms with Crippen LogP contribution in [-0.2, 0) is 24.2 Å². The molecule has 0 spiro atoms. The summed E-state index contributed by atoms with van der Waals surface area (Å²) in [7, 11) is -2.53. The van der Waals surface area contributed by atoms with Gasteiger partial charge >= 0.3 is 5.97 Å². The fourth-order valence-electron chi connectivity index (χ4n) is 2.25. The molecule has 0 heterocycles. The van der Waals surface area contributed by atoms with Gasteiger partial charge in [0.1, 0.15) is 11.7 Å². The molecule has 0 aliphatic carbocycles.